The zero-order chi connectivity index (χ0) is 118. The Hall–Kier alpha value is -13.1. The number of likely N-dealkylation sites (tertiary alicyclic amines) is 5. The lowest BCUT2D eigenvalue weighted by atomic mass is 9.92. The van der Waals surface area contributed by atoms with Crippen molar-refractivity contribution in [2.45, 2.75) is 131 Å². The number of anilines is 5. The second-order valence-electron chi connectivity index (χ2n) is 28.6. The number of H-pyrrole nitrogens is 5. The van der Waals surface area contributed by atoms with E-state index in [0.717, 1.165) is 14.7 Å². The molecule has 15 heterocycles. The highest BCUT2D eigenvalue weighted by Gasteiger charge is 2.39. The van der Waals surface area contributed by atoms with E-state index >= 15 is 0 Å². The minimum absolute atomic E-state index is 0.00528. The van der Waals surface area contributed by atoms with E-state index in [9.17, 15) is 25.3 Å². The van der Waals surface area contributed by atoms with Crippen molar-refractivity contribution in [3.05, 3.63) is 147 Å². The van der Waals surface area contributed by atoms with Crippen LogP contribution in [0.1, 0.15) is 146 Å². The van der Waals surface area contributed by atoms with Gasteiger partial charge >= 0.3 is 29.5 Å². The van der Waals surface area contributed by atoms with Gasteiger partial charge in [0.25, 0.3) is 32.7 Å². The van der Waals surface area contributed by atoms with Gasteiger partial charge in [0.15, 0.2) is 0 Å². The lowest BCUT2D eigenvalue weighted by Gasteiger charge is -2.41. The highest BCUT2D eigenvalue weighted by atomic mass is 16.2. The molecule has 630 valence electrons. The Kier molecular flexibility index (Phi) is 16.6. The largest absolute Gasteiger partial charge is 0.354 e. The van der Waals surface area contributed by atoms with E-state index in [1.54, 1.807) is 48.5 Å². The number of aryl methyl sites for hydroxylation is 5. The summed E-state index contributed by atoms with van der Waals surface area (Å²) < 4.78 is 305. The van der Waals surface area contributed by atoms with E-state index in [0.29, 0.717) is 56.1 Å². The van der Waals surface area contributed by atoms with Crippen LogP contribution in [0.5, 0.6) is 0 Å². The molecule has 0 saturated carbocycles. The maximum absolute atomic E-state index is 12.4. The number of piperidine rings is 5. The predicted molar refractivity (Wildman–Crippen MR) is 463 cm³/mol. The number of rotatable bonds is 15. The van der Waals surface area contributed by atoms with Crippen molar-refractivity contribution in [3.63, 3.8) is 0 Å². The molecule has 5 saturated heterocycles. The minimum Gasteiger partial charge on any atom is -0.354 e. The molecule has 5 aliphatic rings. The molecule has 10 atom stereocenters. The molecule has 15 rings (SSSR count). The van der Waals surface area contributed by atoms with Gasteiger partial charge in [0.1, 0.15) is 95.7 Å². The van der Waals surface area contributed by atoms with Crippen LogP contribution in [-0.4, -0.2) is 292 Å². The fourth-order valence-electron chi connectivity index (χ4n) is 13.9. The van der Waals surface area contributed by atoms with E-state index in [-0.39, 0.29) is 187 Å². The molecule has 0 radical (unpaired) electrons. The fraction of sp³-hybridized carbons (Fsp3) is 0.529. The first kappa shape index (κ1) is 50.6. The van der Waals surface area contributed by atoms with Crippen molar-refractivity contribution >= 4 is 114 Å². The number of likely N-dealkylation sites (N-methyl/N-ethyl adjacent to an activating group) is 5. The summed E-state index contributed by atoms with van der Waals surface area (Å²) in [4.78, 5) is 140. The molecule has 5 aliphatic heterocycles. The smallest absolute Gasteiger partial charge is 0.302 e. The summed E-state index contributed by atoms with van der Waals surface area (Å²) in [6.07, 6.45) is -2.54. The second-order valence-corrected chi connectivity index (χ2v) is 28.6. The van der Waals surface area contributed by atoms with Gasteiger partial charge in [-0.05, 0) is 126 Å². The van der Waals surface area contributed by atoms with Crippen molar-refractivity contribution in [2.24, 2.45) is 29.5 Å². The summed E-state index contributed by atoms with van der Waals surface area (Å²) in [6.45, 7) is 23.3. The normalized spacial score (nSPS) is 29.7. The van der Waals surface area contributed by atoms with E-state index in [4.69, 9.17) is 82.2 Å². The third kappa shape index (κ3) is 20.2. The monoisotopic (exact) mass is 1670 g/mol. The molecule has 5 N–H and O–H groups in total. The van der Waals surface area contributed by atoms with E-state index in [1.807, 2.05) is 0 Å². The van der Waals surface area contributed by atoms with E-state index in [1.165, 1.54) is 26.5 Å². The average molecular weight is 1670 g/mol. The van der Waals surface area contributed by atoms with Gasteiger partial charge in [0, 0.05) is 162 Å². The number of carbonyl (C=O) groups is 5. The summed E-state index contributed by atoms with van der Waals surface area (Å²) in [7, 11) is 0. The maximum atomic E-state index is 12.4. The third-order valence-electron chi connectivity index (χ3n) is 20.3. The predicted octanol–water partition coefficient (Wildman–Crippen LogP) is 9.29. The van der Waals surface area contributed by atoms with Gasteiger partial charge < -0.3 is 98.1 Å². The first-order valence-electron chi connectivity index (χ1n) is 55.9. The number of carbonyl (C=O) groups excluding carboxylic acids is 5. The molecule has 0 aliphatic carbocycles. The lowest BCUT2D eigenvalue weighted by molar-refractivity contribution is -0.131. The van der Waals surface area contributed by atoms with Crippen molar-refractivity contribution in [1.29, 1.82) is 0 Å². The third-order valence-corrected chi connectivity index (χ3v) is 20.3. The number of nitrogens with zero attached hydrogens (tertiary/aromatic N) is 25. The zero-order valence-corrected chi connectivity index (χ0v) is 66.7. The van der Waals surface area contributed by atoms with Gasteiger partial charge in [0.05, 0.1) is 68.0 Å². The summed E-state index contributed by atoms with van der Waals surface area (Å²) in [6, 6.07) is -9.42. The molecule has 35 nitrogen and oxygen atoms in total. The van der Waals surface area contributed by atoms with E-state index in [2.05, 4.69) is 99.0 Å². The molecule has 35 heteroatoms. The minimum atomic E-state index is -3.12. The van der Waals surface area contributed by atoms with Crippen LogP contribution in [0.25, 0.3) is 79.4 Å². The number of fused-ring (bicyclic) bond motifs is 5. The standard InChI is InChI=1S/5C17H22N6O/c5*1-11-5-6-23(15(24)8-18-3)9-14(11)22(4)17-13-7-12(2)21-16(13)19-10-20-17/h5*7,10-11,14H,5-6,8-9H2,1-2,4H3,(H,19,20,21)/t5*11-,14+/m11111/s1/i4D3,7D,10D,11D,14D;1D3,4D3,7D,10D,14D;1D3,4D3,7D,10D,11D;4D3,7D,10D,14D;4D3,7D,10D,11D. The topological polar surface area (TPSA) is 347 Å². The first-order valence-corrected chi connectivity index (χ1v) is 37.4. The van der Waals surface area contributed by atoms with Gasteiger partial charge in [-0.15, -0.1) is 0 Å². The van der Waals surface area contributed by atoms with Crippen LogP contribution in [0.3, 0.4) is 0 Å². The molecular formula is C85H110N30O5. The molecule has 0 aromatic carbocycles. The molecular weight excluding hydrogens is 1520 g/mol. The highest BCUT2D eigenvalue weighted by molar-refractivity contribution is 5.92. The molecule has 0 unspecified atom stereocenters. The van der Waals surface area contributed by atoms with Crippen LogP contribution in [0.15, 0.2) is 61.7 Å². The Morgan fingerprint density at radius 3 is 0.933 bits per heavy atom. The lowest BCUT2D eigenvalue weighted by Crippen LogP contribution is -2.53. The Balaban J connectivity index is 0.000000185. The Morgan fingerprint density at radius 1 is 0.367 bits per heavy atom. The van der Waals surface area contributed by atoms with Gasteiger partial charge in [-0.1, -0.05) is 34.5 Å². The van der Waals surface area contributed by atoms with Crippen LogP contribution >= 0.6 is 0 Å². The van der Waals surface area contributed by atoms with Gasteiger partial charge in [-0.2, -0.15) is 0 Å². The van der Waals surface area contributed by atoms with Crippen molar-refractivity contribution in [2.75, 3.05) is 158 Å². The summed E-state index contributed by atoms with van der Waals surface area (Å²) in [5.74, 6) is -11.4. The molecule has 0 bridgehead atoms. The van der Waals surface area contributed by atoms with Gasteiger partial charge in [-0.3, -0.25) is 24.0 Å². The Labute approximate surface area is 752 Å². The summed E-state index contributed by atoms with van der Waals surface area (Å²) >= 11 is 0. The number of aromatic nitrogens is 15. The van der Waals surface area contributed by atoms with Gasteiger partial charge in [0.2, 0.25) is 0 Å². The van der Waals surface area contributed by atoms with Crippen LogP contribution in [-0.2, 0) is 24.0 Å². The van der Waals surface area contributed by atoms with Crippen LogP contribution in [0.2, 0.25) is 0 Å². The summed E-state index contributed by atoms with van der Waals surface area (Å²) in [5.41, 5.74) is 2.35. The molecule has 0 spiro atoms. The van der Waals surface area contributed by atoms with Gasteiger partial charge in [-0.25, -0.2) is 82.7 Å². The first-order chi connectivity index (χ1) is 72.2. The second kappa shape index (κ2) is 39.4. The number of hydrogen-bond donors (Lipinski definition) is 5. The molecule has 120 heavy (non-hydrogen) atoms. The number of amides is 5. The molecule has 5 amide bonds. The van der Waals surface area contributed by atoms with Crippen LogP contribution in [0, 0.1) is 97.0 Å². The van der Waals surface area contributed by atoms with Crippen molar-refractivity contribution < 1.29 is 74.7 Å². The number of nitrogens with one attached hydrogen (secondary N) is 5. The summed E-state index contributed by atoms with van der Waals surface area (Å²) in [5, 5.41) is 0.192. The number of aromatic amines is 5. The average Bonchev–Trinajstić information content (AvgIpc) is 1.72. The SMILES string of the molecule is [2H]c1nc(N(C([2H])([2H])[2H])[C@@]2([2H])CN(C(=O)C[N+]#[C-])CC[C@@]2([2H])C)c2c([2H])c(C)[nH]c2n1.[2H]c1nc(N(C([2H])([2H])[2H])[C@@]2([2H])CN(C(=O)C[N+]#[C-])CC[C@H]2C([2H])([2H])[2H])c2c([2H])c(C)[nH]c2n1.[2H]c1nc(N(C([2H])([2H])[2H])[C@@]2([2H])CN(C(=O)C[N+]#[C-])CC[C@H]2C)c2c([2H])c(C)[nH]c2n1.[2H]c1nc(N([C@H]2CN(C(=O)C[N+]#[C-])CC[C@@]2([2H])C([2H])([2H])[2H])C([2H])([2H])[2H])c2c([2H])c(C)[nH]c2n1.[2H]c1nc(N([C@H]2CN(C(=O)C[N+]#[C-])CC[C@@]2([2H])C)C([2H])([2H])[2H])c2c([2H])c(C)[nH]c2n1. The molecule has 5 fully saturated rings. The van der Waals surface area contributed by atoms with Crippen LogP contribution < -0.4 is 24.5 Å². The van der Waals surface area contributed by atoms with Crippen molar-refractivity contribution in [1.82, 2.24) is 99.3 Å². The maximum Gasteiger partial charge on any atom is 0.302 e. The Morgan fingerprint density at radius 2 is 0.625 bits per heavy atom. The fourth-order valence-corrected chi connectivity index (χ4v) is 13.9. The quantitative estimate of drug-likeness (QED) is 0.0597. The van der Waals surface area contributed by atoms with Crippen molar-refractivity contribution in [3.8, 4) is 0 Å². The zero-order valence-electron chi connectivity index (χ0n) is 104. The Bertz CT molecular complexity index is 7350. The molecule has 10 aromatic heterocycles. The highest BCUT2D eigenvalue weighted by Crippen LogP contribution is 2.36. The van der Waals surface area contributed by atoms with Crippen LogP contribution in [0.4, 0.5) is 29.1 Å². The van der Waals surface area contributed by atoms with E-state index < -0.39 is 214 Å². The molecule has 10 aromatic rings. The number of hydrogen-bond acceptors (Lipinski definition) is 20.